The van der Waals surface area contributed by atoms with Crippen LogP contribution in [-0.2, 0) is 0 Å². The normalized spacial score (nSPS) is 10.3. The SMILES string of the molecule is Cc1cc(F)ccc1-c1cncnc1Br. The molecule has 0 bridgehead atoms. The van der Waals surface area contributed by atoms with Gasteiger partial charge in [-0.25, -0.2) is 14.4 Å². The van der Waals surface area contributed by atoms with Crippen LogP contribution in [0.15, 0.2) is 35.3 Å². The number of benzene rings is 1. The molecule has 0 radical (unpaired) electrons. The van der Waals surface area contributed by atoms with Crippen LogP contribution in [0.1, 0.15) is 5.56 Å². The Kier molecular flexibility index (Phi) is 2.77. The smallest absolute Gasteiger partial charge is 0.123 e. The van der Waals surface area contributed by atoms with E-state index in [1.165, 1.54) is 18.5 Å². The predicted octanol–water partition coefficient (Wildman–Crippen LogP) is 3.35. The molecule has 0 fully saturated rings. The van der Waals surface area contributed by atoms with Gasteiger partial charge in [0.1, 0.15) is 16.7 Å². The number of aryl methyl sites for hydroxylation is 1. The van der Waals surface area contributed by atoms with E-state index >= 15 is 0 Å². The standard InChI is InChI=1S/C11H8BrFN2/c1-7-4-8(13)2-3-9(7)10-5-14-6-15-11(10)12/h2-6H,1H3. The molecule has 2 aromatic rings. The van der Waals surface area contributed by atoms with Gasteiger partial charge in [0.25, 0.3) is 0 Å². The van der Waals surface area contributed by atoms with Crippen molar-refractivity contribution in [3.63, 3.8) is 0 Å². The Morgan fingerprint density at radius 3 is 2.73 bits per heavy atom. The molecule has 0 saturated carbocycles. The summed E-state index contributed by atoms with van der Waals surface area (Å²) < 4.78 is 13.6. The van der Waals surface area contributed by atoms with E-state index in [1.54, 1.807) is 12.3 Å². The van der Waals surface area contributed by atoms with Crippen LogP contribution in [0.5, 0.6) is 0 Å². The zero-order valence-electron chi connectivity index (χ0n) is 8.04. The van der Waals surface area contributed by atoms with Gasteiger partial charge in [0.15, 0.2) is 0 Å². The maximum Gasteiger partial charge on any atom is 0.123 e. The molecule has 0 spiro atoms. The molecular weight excluding hydrogens is 259 g/mol. The van der Waals surface area contributed by atoms with Gasteiger partial charge in [0, 0.05) is 11.8 Å². The summed E-state index contributed by atoms with van der Waals surface area (Å²) in [7, 11) is 0. The molecule has 0 amide bonds. The monoisotopic (exact) mass is 266 g/mol. The van der Waals surface area contributed by atoms with Crippen molar-refractivity contribution in [3.05, 3.63) is 46.7 Å². The molecule has 1 heterocycles. The van der Waals surface area contributed by atoms with Gasteiger partial charge < -0.3 is 0 Å². The number of halogens is 2. The molecule has 0 aliphatic heterocycles. The molecule has 76 valence electrons. The van der Waals surface area contributed by atoms with E-state index in [2.05, 4.69) is 25.9 Å². The first-order chi connectivity index (χ1) is 7.18. The quantitative estimate of drug-likeness (QED) is 0.740. The van der Waals surface area contributed by atoms with Gasteiger partial charge in [-0.05, 0) is 46.1 Å². The largest absolute Gasteiger partial charge is 0.244 e. The van der Waals surface area contributed by atoms with E-state index in [0.717, 1.165) is 16.7 Å². The van der Waals surface area contributed by atoms with Crippen LogP contribution >= 0.6 is 15.9 Å². The molecule has 4 heteroatoms. The second-order valence-corrected chi connectivity index (χ2v) is 3.94. The van der Waals surface area contributed by atoms with Crippen molar-refractivity contribution >= 4 is 15.9 Å². The summed E-state index contributed by atoms with van der Waals surface area (Å²) in [5.41, 5.74) is 2.67. The third-order valence-electron chi connectivity index (χ3n) is 2.14. The van der Waals surface area contributed by atoms with Crippen molar-refractivity contribution < 1.29 is 4.39 Å². The minimum Gasteiger partial charge on any atom is -0.244 e. The molecule has 0 aliphatic carbocycles. The number of hydrogen-bond acceptors (Lipinski definition) is 2. The molecule has 2 nitrogen and oxygen atoms in total. The van der Waals surface area contributed by atoms with Crippen molar-refractivity contribution in [2.24, 2.45) is 0 Å². The highest BCUT2D eigenvalue weighted by atomic mass is 79.9. The lowest BCUT2D eigenvalue weighted by Crippen LogP contribution is -1.89. The minimum atomic E-state index is -0.232. The second kappa shape index (κ2) is 4.06. The number of aromatic nitrogens is 2. The first kappa shape index (κ1) is 10.2. The summed E-state index contributed by atoms with van der Waals surface area (Å²) in [6.07, 6.45) is 3.17. The molecule has 0 saturated heterocycles. The summed E-state index contributed by atoms with van der Waals surface area (Å²) in [5.74, 6) is -0.232. The first-order valence-electron chi connectivity index (χ1n) is 4.40. The van der Waals surface area contributed by atoms with E-state index in [0.29, 0.717) is 4.60 Å². The summed E-state index contributed by atoms with van der Waals surface area (Å²) in [4.78, 5) is 7.98. The third-order valence-corrected chi connectivity index (χ3v) is 2.77. The number of hydrogen-bond donors (Lipinski definition) is 0. The van der Waals surface area contributed by atoms with Gasteiger partial charge in [-0.15, -0.1) is 0 Å². The lowest BCUT2D eigenvalue weighted by Gasteiger charge is -2.06. The average molecular weight is 267 g/mol. The van der Waals surface area contributed by atoms with Crippen LogP contribution in [0.4, 0.5) is 4.39 Å². The molecule has 0 N–H and O–H groups in total. The Hall–Kier alpha value is -1.29. The van der Waals surface area contributed by atoms with Gasteiger partial charge in [-0.3, -0.25) is 0 Å². The van der Waals surface area contributed by atoms with Crippen molar-refractivity contribution in [2.45, 2.75) is 6.92 Å². The van der Waals surface area contributed by atoms with E-state index < -0.39 is 0 Å². The van der Waals surface area contributed by atoms with Crippen molar-refractivity contribution in [3.8, 4) is 11.1 Å². The van der Waals surface area contributed by atoms with Crippen molar-refractivity contribution in [1.29, 1.82) is 0 Å². The Bertz CT molecular complexity index is 500. The molecule has 0 aliphatic rings. The fourth-order valence-corrected chi connectivity index (χ4v) is 1.83. The zero-order chi connectivity index (χ0) is 10.8. The molecule has 1 aromatic heterocycles. The Labute approximate surface area is 95.3 Å². The molecule has 0 atom stereocenters. The van der Waals surface area contributed by atoms with Crippen LogP contribution in [0.3, 0.4) is 0 Å². The van der Waals surface area contributed by atoms with E-state index in [-0.39, 0.29) is 5.82 Å². The molecule has 1 aromatic carbocycles. The fourth-order valence-electron chi connectivity index (χ4n) is 1.42. The lowest BCUT2D eigenvalue weighted by molar-refractivity contribution is 0.627. The lowest BCUT2D eigenvalue weighted by atomic mass is 10.0. The first-order valence-corrected chi connectivity index (χ1v) is 5.20. The topological polar surface area (TPSA) is 25.8 Å². The van der Waals surface area contributed by atoms with Crippen molar-refractivity contribution in [2.75, 3.05) is 0 Å². The summed E-state index contributed by atoms with van der Waals surface area (Å²) in [6, 6.07) is 4.66. The van der Waals surface area contributed by atoms with Crippen LogP contribution < -0.4 is 0 Å². The van der Waals surface area contributed by atoms with Gasteiger partial charge in [0.2, 0.25) is 0 Å². The fraction of sp³-hybridized carbons (Fsp3) is 0.0909. The average Bonchev–Trinajstić information content (AvgIpc) is 2.20. The molecule has 2 rings (SSSR count). The van der Waals surface area contributed by atoms with Crippen LogP contribution in [-0.4, -0.2) is 9.97 Å². The van der Waals surface area contributed by atoms with Gasteiger partial charge >= 0.3 is 0 Å². The number of nitrogens with zero attached hydrogens (tertiary/aromatic N) is 2. The van der Waals surface area contributed by atoms with E-state index in [4.69, 9.17) is 0 Å². The predicted molar refractivity (Wildman–Crippen MR) is 59.9 cm³/mol. The minimum absolute atomic E-state index is 0.232. The molecular formula is C11H8BrFN2. The summed E-state index contributed by atoms with van der Waals surface area (Å²) in [5, 5.41) is 0. The van der Waals surface area contributed by atoms with Gasteiger partial charge in [-0.1, -0.05) is 6.07 Å². The number of rotatable bonds is 1. The summed E-state index contributed by atoms with van der Waals surface area (Å²) in [6.45, 7) is 1.86. The second-order valence-electron chi connectivity index (χ2n) is 3.19. The van der Waals surface area contributed by atoms with Crippen LogP contribution in [0.25, 0.3) is 11.1 Å². The Balaban J connectivity index is 2.60. The van der Waals surface area contributed by atoms with E-state index in [9.17, 15) is 4.39 Å². The Morgan fingerprint density at radius 1 is 1.27 bits per heavy atom. The van der Waals surface area contributed by atoms with Crippen LogP contribution in [0.2, 0.25) is 0 Å². The third kappa shape index (κ3) is 2.04. The maximum atomic E-state index is 12.9. The highest BCUT2D eigenvalue weighted by Crippen LogP contribution is 2.28. The van der Waals surface area contributed by atoms with Gasteiger partial charge in [0.05, 0.1) is 0 Å². The molecule has 15 heavy (non-hydrogen) atoms. The highest BCUT2D eigenvalue weighted by molar-refractivity contribution is 9.10. The van der Waals surface area contributed by atoms with Crippen LogP contribution in [0, 0.1) is 12.7 Å². The zero-order valence-corrected chi connectivity index (χ0v) is 9.62. The molecule has 0 unspecified atom stereocenters. The summed E-state index contributed by atoms with van der Waals surface area (Å²) >= 11 is 3.34. The highest BCUT2D eigenvalue weighted by Gasteiger charge is 2.07. The van der Waals surface area contributed by atoms with Crippen molar-refractivity contribution in [1.82, 2.24) is 9.97 Å². The maximum absolute atomic E-state index is 12.9. The van der Waals surface area contributed by atoms with Gasteiger partial charge in [-0.2, -0.15) is 0 Å². The Morgan fingerprint density at radius 2 is 2.07 bits per heavy atom. The van der Waals surface area contributed by atoms with E-state index in [1.807, 2.05) is 6.92 Å².